The summed E-state index contributed by atoms with van der Waals surface area (Å²) in [5.41, 5.74) is 0. The third-order valence-electron chi connectivity index (χ3n) is 5.40. The van der Waals surface area contributed by atoms with E-state index >= 15 is 0 Å². The predicted molar refractivity (Wildman–Crippen MR) is 124 cm³/mol. The lowest BCUT2D eigenvalue weighted by Crippen LogP contribution is -2.24. The second-order valence-electron chi connectivity index (χ2n) is 7.87. The molecule has 3 heteroatoms. The molecular weight excluding hydrogens is 452 g/mol. The lowest BCUT2D eigenvalue weighted by molar-refractivity contribution is -0.00434. The smallest absolute Gasteiger partial charge is 0.0759 e. The van der Waals surface area contributed by atoms with E-state index in [-0.39, 0.29) is 0 Å². The van der Waals surface area contributed by atoms with Crippen molar-refractivity contribution in [1.29, 1.82) is 0 Å². The van der Waals surface area contributed by atoms with Crippen molar-refractivity contribution in [3.05, 3.63) is 12.2 Å². The van der Waals surface area contributed by atoms with Gasteiger partial charge in [0.15, 0.2) is 0 Å². The Kier molecular flexibility index (Phi) is 18.0. The average molecular weight is 494 g/mol. The maximum absolute atomic E-state index is 6.31. The molecule has 0 N–H and O–H groups in total. The summed E-state index contributed by atoms with van der Waals surface area (Å²) in [7, 11) is 0. The van der Waals surface area contributed by atoms with Crippen molar-refractivity contribution < 1.29 is 4.74 Å². The molecule has 0 saturated carbocycles. The molecule has 1 nitrogen and oxygen atoms in total. The topological polar surface area (TPSA) is 9.23 Å². The Morgan fingerprint density at radius 1 is 0.615 bits per heavy atom. The van der Waals surface area contributed by atoms with Gasteiger partial charge in [0.2, 0.25) is 0 Å². The molecule has 0 aromatic heterocycles. The van der Waals surface area contributed by atoms with Crippen LogP contribution in [0, 0.1) is 0 Å². The van der Waals surface area contributed by atoms with Gasteiger partial charge in [0.05, 0.1) is 12.2 Å². The van der Waals surface area contributed by atoms with Gasteiger partial charge in [0.1, 0.15) is 0 Å². The molecule has 0 spiro atoms. The molecule has 1 rings (SSSR count). The monoisotopic (exact) mass is 492 g/mol. The van der Waals surface area contributed by atoms with Crippen LogP contribution < -0.4 is 0 Å². The van der Waals surface area contributed by atoms with E-state index < -0.39 is 0 Å². The zero-order valence-electron chi connectivity index (χ0n) is 16.9. The van der Waals surface area contributed by atoms with E-state index in [2.05, 4.69) is 44.0 Å². The van der Waals surface area contributed by atoms with Crippen molar-refractivity contribution in [3.8, 4) is 0 Å². The highest BCUT2D eigenvalue weighted by molar-refractivity contribution is 9.09. The zero-order valence-corrected chi connectivity index (χ0v) is 20.1. The first-order chi connectivity index (χ1) is 12.9. The molecule has 0 aromatic carbocycles. The van der Waals surface area contributed by atoms with Gasteiger partial charge in [-0.15, -0.1) is 0 Å². The molecule has 0 amide bonds. The van der Waals surface area contributed by atoms with Crippen LogP contribution in [0.1, 0.15) is 109 Å². The molecule has 154 valence electrons. The highest BCUT2D eigenvalue weighted by Gasteiger charge is 2.17. The summed E-state index contributed by atoms with van der Waals surface area (Å²) in [5.74, 6) is 0. The maximum Gasteiger partial charge on any atom is 0.0759 e. The molecule has 0 unspecified atom stereocenters. The molecule has 0 radical (unpaired) electrons. The van der Waals surface area contributed by atoms with E-state index in [0.717, 1.165) is 17.1 Å². The Balaban J connectivity index is 1.92. The van der Waals surface area contributed by atoms with Crippen LogP contribution in [0.5, 0.6) is 0 Å². The van der Waals surface area contributed by atoms with Crippen LogP contribution in [-0.2, 0) is 4.74 Å². The first kappa shape index (κ1) is 24.7. The fourth-order valence-corrected chi connectivity index (χ4v) is 4.55. The summed E-state index contributed by atoms with van der Waals surface area (Å²) in [4.78, 5) is 0. The van der Waals surface area contributed by atoms with Gasteiger partial charge in [-0.2, -0.15) is 0 Å². The minimum atomic E-state index is 0.395. The van der Waals surface area contributed by atoms with Gasteiger partial charge in [-0.1, -0.05) is 121 Å². The first-order valence-electron chi connectivity index (χ1n) is 11.3. The fraction of sp³-hybridized carbons (Fsp3) is 0.913. The van der Waals surface area contributed by atoms with Crippen LogP contribution in [0.2, 0.25) is 0 Å². The lowest BCUT2D eigenvalue weighted by atomic mass is 10.0. The van der Waals surface area contributed by atoms with Gasteiger partial charge >= 0.3 is 0 Å². The molecule has 0 aromatic rings. The van der Waals surface area contributed by atoms with Crippen LogP contribution in [0.4, 0.5) is 0 Å². The third kappa shape index (κ3) is 14.7. The third-order valence-corrected chi connectivity index (χ3v) is 6.52. The Hall–Kier alpha value is 0.660. The zero-order chi connectivity index (χ0) is 18.7. The Morgan fingerprint density at radius 2 is 1.08 bits per heavy atom. The van der Waals surface area contributed by atoms with Crippen molar-refractivity contribution in [3.63, 3.8) is 0 Å². The molecule has 2 atom stereocenters. The quantitative estimate of drug-likeness (QED) is 0.105. The average Bonchev–Trinajstić information content (AvgIpc) is 2.66. The Labute approximate surface area is 180 Å². The molecule has 0 bridgehead atoms. The van der Waals surface area contributed by atoms with Crippen LogP contribution in [-0.4, -0.2) is 22.9 Å². The molecule has 1 heterocycles. The van der Waals surface area contributed by atoms with E-state index in [0.29, 0.717) is 12.2 Å². The number of alkyl halides is 2. The molecular formula is C23H42Br2O. The number of unbranched alkanes of at least 4 members (excludes halogenated alkanes) is 12. The van der Waals surface area contributed by atoms with Crippen molar-refractivity contribution in [1.82, 2.24) is 0 Å². The van der Waals surface area contributed by atoms with E-state index in [4.69, 9.17) is 4.74 Å². The largest absolute Gasteiger partial charge is 0.371 e. The lowest BCUT2D eigenvalue weighted by Gasteiger charge is -2.26. The molecule has 0 saturated heterocycles. The predicted octanol–water partition coefficient (Wildman–Crippen LogP) is 8.73. The van der Waals surface area contributed by atoms with Gasteiger partial charge in [-0.25, -0.2) is 0 Å². The van der Waals surface area contributed by atoms with Crippen molar-refractivity contribution in [2.45, 2.75) is 121 Å². The number of rotatable bonds is 18. The van der Waals surface area contributed by atoms with Crippen LogP contribution in [0.3, 0.4) is 0 Å². The van der Waals surface area contributed by atoms with Gasteiger partial charge < -0.3 is 4.74 Å². The number of ether oxygens (including phenoxy) is 1. The van der Waals surface area contributed by atoms with Crippen molar-refractivity contribution in [2.75, 3.05) is 10.7 Å². The van der Waals surface area contributed by atoms with E-state index in [1.54, 1.807) is 0 Å². The van der Waals surface area contributed by atoms with E-state index in [9.17, 15) is 0 Å². The summed E-state index contributed by atoms with van der Waals surface area (Å²) in [6.07, 6.45) is 28.5. The molecule has 0 fully saturated rings. The highest BCUT2D eigenvalue weighted by atomic mass is 79.9. The standard InChI is InChI=1S/C23H42Br2O/c24-20-13-9-5-1-3-7-11-16-22-18-15-19-23(26-22)17-12-8-4-2-6-10-14-21-25/h15,18,22-23H,1-14,16-17,19-21H2/t22-,23+/m0/s1. The van der Waals surface area contributed by atoms with Crippen molar-refractivity contribution >= 4 is 31.9 Å². The Morgan fingerprint density at radius 3 is 1.62 bits per heavy atom. The number of hydrogen-bond donors (Lipinski definition) is 0. The molecule has 26 heavy (non-hydrogen) atoms. The first-order valence-corrected chi connectivity index (χ1v) is 13.5. The fourth-order valence-electron chi connectivity index (χ4n) is 3.75. The van der Waals surface area contributed by atoms with E-state index in [1.165, 1.54) is 103 Å². The summed E-state index contributed by atoms with van der Waals surface area (Å²) in [5, 5.41) is 2.33. The Bertz CT molecular complexity index is 319. The van der Waals surface area contributed by atoms with E-state index in [1.807, 2.05) is 0 Å². The van der Waals surface area contributed by atoms with Crippen molar-refractivity contribution in [2.24, 2.45) is 0 Å². The molecule has 1 aliphatic heterocycles. The van der Waals surface area contributed by atoms with Gasteiger partial charge in [-0.3, -0.25) is 0 Å². The molecule has 0 aliphatic carbocycles. The summed E-state index contributed by atoms with van der Waals surface area (Å²) in [6, 6.07) is 0. The minimum Gasteiger partial charge on any atom is -0.371 e. The minimum absolute atomic E-state index is 0.395. The highest BCUT2D eigenvalue weighted by Crippen LogP contribution is 2.22. The number of hydrogen-bond acceptors (Lipinski definition) is 1. The van der Waals surface area contributed by atoms with Crippen LogP contribution in [0.25, 0.3) is 0 Å². The molecule has 1 aliphatic rings. The van der Waals surface area contributed by atoms with Gasteiger partial charge in [0.25, 0.3) is 0 Å². The van der Waals surface area contributed by atoms with Gasteiger partial charge in [0, 0.05) is 10.7 Å². The van der Waals surface area contributed by atoms with Crippen LogP contribution in [0.15, 0.2) is 12.2 Å². The second-order valence-corrected chi connectivity index (χ2v) is 9.45. The SMILES string of the molecule is BrCCCCCCCCC[C@@H]1CC=C[C@H](CCCCCCCCCBr)O1. The maximum atomic E-state index is 6.31. The van der Waals surface area contributed by atoms with Gasteiger partial charge in [-0.05, 0) is 32.1 Å². The summed E-state index contributed by atoms with van der Waals surface area (Å²) < 4.78 is 6.31. The van der Waals surface area contributed by atoms with Crippen LogP contribution >= 0.6 is 31.9 Å². The normalized spacial score (nSPS) is 19.9. The summed E-state index contributed by atoms with van der Waals surface area (Å²) in [6.45, 7) is 0. The number of halogens is 2. The second kappa shape index (κ2) is 19.0. The summed E-state index contributed by atoms with van der Waals surface area (Å²) >= 11 is 7.01.